The van der Waals surface area contributed by atoms with Crippen molar-refractivity contribution in [2.24, 2.45) is 0 Å². The molecule has 2 aromatic rings. The molecule has 35 heavy (non-hydrogen) atoms. The van der Waals surface area contributed by atoms with Crippen LogP contribution in [0.3, 0.4) is 0 Å². The molecular weight excluding hydrogens is 465 g/mol. The Morgan fingerprint density at radius 2 is 1.77 bits per heavy atom. The van der Waals surface area contributed by atoms with Crippen molar-refractivity contribution in [2.75, 3.05) is 44.2 Å². The number of rotatable bonds is 3. The zero-order valence-electron chi connectivity index (χ0n) is 18.7. The summed E-state index contributed by atoms with van der Waals surface area (Å²) >= 11 is 0. The summed E-state index contributed by atoms with van der Waals surface area (Å²) in [6, 6.07) is 11.4. The molecule has 1 atom stereocenters. The van der Waals surface area contributed by atoms with E-state index in [9.17, 15) is 27.6 Å². The van der Waals surface area contributed by atoms with Gasteiger partial charge in [0.15, 0.2) is 5.54 Å². The molecule has 1 N–H and O–H groups in total. The van der Waals surface area contributed by atoms with Gasteiger partial charge in [-0.25, -0.2) is 4.79 Å². The summed E-state index contributed by atoms with van der Waals surface area (Å²) < 4.78 is 44.7. The smallest absolute Gasteiger partial charge is 0.416 e. The average Bonchev–Trinajstić information content (AvgIpc) is 3.08. The van der Waals surface area contributed by atoms with E-state index in [4.69, 9.17) is 4.74 Å². The molecular formula is C24H23F3N4O4. The lowest BCUT2D eigenvalue weighted by Crippen LogP contribution is -2.52. The lowest BCUT2D eigenvalue weighted by Gasteiger charge is -2.37. The fourth-order valence-corrected chi connectivity index (χ4v) is 4.84. The van der Waals surface area contributed by atoms with E-state index in [2.05, 4.69) is 5.32 Å². The first-order chi connectivity index (χ1) is 16.7. The topological polar surface area (TPSA) is 82.2 Å². The zero-order chi connectivity index (χ0) is 24.8. The summed E-state index contributed by atoms with van der Waals surface area (Å²) in [5.41, 5.74) is -0.986. The maximum absolute atomic E-state index is 13.3. The summed E-state index contributed by atoms with van der Waals surface area (Å²) in [6.07, 6.45) is -4.17. The molecule has 4 amide bonds. The van der Waals surface area contributed by atoms with Gasteiger partial charge in [-0.3, -0.25) is 14.5 Å². The number of urea groups is 1. The number of amides is 4. The number of ether oxygens (including phenoxy) is 1. The molecule has 2 fully saturated rings. The van der Waals surface area contributed by atoms with Crippen LogP contribution in [0, 0.1) is 0 Å². The zero-order valence-corrected chi connectivity index (χ0v) is 18.7. The van der Waals surface area contributed by atoms with Crippen molar-refractivity contribution in [2.45, 2.75) is 18.1 Å². The van der Waals surface area contributed by atoms with Gasteiger partial charge in [0.1, 0.15) is 12.3 Å². The molecule has 2 aromatic carbocycles. The van der Waals surface area contributed by atoms with Gasteiger partial charge in [0, 0.05) is 43.9 Å². The third-order valence-electron chi connectivity index (χ3n) is 6.72. The number of nitrogens with zero attached hydrogens (tertiary/aromatic N) is 3. The lowest BCUT2D eigenvalue weighted by molar-refractivity contribution is -0.139. The molecule has 184 valence electrons. The molecule has 11 heteroatoms. The Kier molecular flexibility index (Phi) is 5.57. The quantitative estimate of drug-likeness (QED) is 0.672. The maximum atomic E-state index is 13.3. The number of carbonyl (C=O) groups is 3. The summed E-state index contributed by atoms with van der Waals surface area (Å²) in [7, 11) is 0. The maximum Gasteiger partial charge on any atom is 0.416 e. The number of nitrogens with one attached hydrogen (secondary N) is 1. The number of para-hydroxylation sites is 1. The van der Waals surface area contributed by atoms with Crippen LogP contribution >= 0.6 is 0 Å². The Bertz CT molecular complexity index is 1180. The Labute approximate surface area is 199 Å². The minimum absolute atomic E-state index is 0.252. The Balaban J connectivity index is 1.24. The van der Waals surface area contributed by atoms with E-state index < -0.39 is 41.7 Å². The fourth-order valence-electron chi connectivity index (χ4n) is 4.84. The number of anilines is 1. The van der Waals surface area contributed by atoms with Crippen molar-refractivity contribution in [3.05, 3.63) is 59.7 Å². The minimum Gasteiger partial charge on any atom is -0.493 e. The van der Waals surface area contributed by atoms with Crippen LogP contribution in [0.2, 0.25) is 0 Å². The van der Waals surface area contributed by atoms with Crippen molar-refractivity contribution in [3.63, 3.8) is 0 Å². The Hall–Kier alpha value is -3.76. The molecule has 0 aliphatic carbocycles. The second-order valence-electron chi connectivity index (χ2n) is 8.74. The Morgan fingerprint density at radius 1 is 1.03 bits per heavy atom. The van der Waals surface area contributed by atoms with Gasteiger partial charge in [-0.2, -0.15) is 13.2 Å². The molecule has 5 rings (SSSR count). The third-order valence-corrected chi connectivity index (χ3v) is 6.72. The highest BCUT2D eigenvalue weighted by Gasteiger charge is 2.55. The number of piperazine rings is 1. The summed E-state index contributed by atoms with van der Waals surface area (Å²) in [5, 5.41) is 2.77. The van der Waals surface area contributed by atoms with Gasteiger partial charge in [-0.05, 0) is 24.3 Å². The van der Waals surface area contributed by atoms with Crippen LogP contribution in [0.1, 0.15) is 17.5 Å². The molecule has 1 spiro atoms. The van der Waals surface area contributed by atoms with Crippen LogP contribution in [0.15, 0.2) is 48.5 Å². The van der Waals surface area contributed by atoms with E-state index in [0.29, 0.717) is 30.1 Å². The van der Waals surface area contributed by atoms with Gasteiger partial charge >= 0.3 is 12.2 Å². The monoisotopic (exact) mass is 488 g/mol. The predicted octanol–water partition coefficient (Wildman–Crippen LogP) is 2.58. The number of imide groups is 1. The van der Waals surface area contributed by atoms with Crippen LogP contribution in [0.25, 0.3) is 0 Å². The predicted molar refractivity (Wildman–Crippen MR) is 119 cm³/mol. The van der Waals surface area contributed by atoms with Crippen LogP contribution in [0.5, 0.6) is 5.75 Å². The molecule has 8 nitrogen and oxygen atoms in total. The molecule has 2 saturated heterocycles. The number of fused-ring (bicyclic) bond motifs is 2. The SMILES string of the molecule is O=C(CN1C(=O)NC2(CCOc3ccccc32)C1=O)N1CCN(c2cccc(C(F)(F)F)c2)CC1. The molecule has 0 aromatic heterocycles. The number of carbonyl (C=O) groups excluding carboxylic acids is 3. The van der Waals surface area contributed by atoms with E-state index in [-0.39, 0.29) is 26.1 Å². The molecule has 3 heterocycles. The Morgan fingerprint density at radius 3 is 2.51 bits per heavy atom. The van der Waals surface area contributed by atoms with E-state index in [1.54, 1.807) is 35.2 Å². The average molecular weight is 488 g/mol. The number of hydrogen-bond acceptors (Lipinski definition) is 5. The number of hydrogen-bond donors (Lipinski definition) is 1. The first-order valence-electron chi connectivity index (χ1n) is 11.3. The lowest BCUT2D eigenvalue weighted by atomic mass is 9.84. The molecule has 0 saturated carbocycles. The number of alkyl halides is 3. The van der Waals surface area contributed by atoms with Gasteiger partial charge in [-0.1, -0.05) is 24.3 Å². The van der Waals surface area contributed by atoms with Crippen LogP contribution in [0.4, 0.5) is 23.7 Å². The van der Waals surface area contributed by atoms with Crippen molar-refractivity contribution in [1.82, 2.24) is 15.1 Å². The van der Waals surface area contributed by atoms with Gasteiger partial charge in [0.2, 0.25) is 5.91 Å². The normalized spacial score (nSPS) is 22.2. The first-order valence-corrected chi connectivity index (χ1v) is 11.3. The number of benzene rings is 2. The van der Waals surface area contributed by atoms with Crippen LogP contribution in [-0.4, -0.2) is 67.0 Å². The molecule has 1 unspecified atom stereocenters. The highest BCUT2D eigenvalue weighted by atomic mass is 19.4. The van der Waals surface area contributed by atoms with Crippen molar-refractivity contribution in [1.29, 1.82) is 0 Å². The van der Waals surface area contributed by atoms with Crippen LogP contribution < -0.4 is 15.0 Å². The van der Waals surface area contributed by atoms with Gasteiger partial charge in [-0.15, -0.1) is 0 Å². The van der Waals surface area contributed by atoms with Gasteiger partial charge < -0.3 is 19.9 Å². The highest BCUT2D eigenvalue weighted by Crippen LogP contribution is 2.41. The largest absolute Gasteiger partial charge is 0.493 e. The summed E-state index contributed by atoms with van der Waals surface area (Å²) in [6.45, 7) is 1.05. The van der Waals surface area contributed by atoms with E-state index in [1.807, 2.05) is 0 Å². The van der Waals surface area contributed by atoms with E-state index in [0.717, 1.165) is 17.0 Å². The fraction of sp³-hybridized carbons (Fsp3) is 0.375. The van der Waals surface area contributed by atoms with E-state index >= 15 is 0 Å². The second-order valence-corrected chi connectivity index (χ2v) is 8.74. The highest BCUT2D eigenvalue weighted by molar-refractivity contribution is 6.09. The molecule has 0 bridgehead atoms. The molecule has 3 aliphatic rings. The third kappa shape index (κ3) is 4.04. The van der Waals surface area contributed by atoms with Crippen molar-refractivity contribution < 1.29 is 32.3 Å². The standard InChI is InChI=1S/C24H23F3N4O4/c25-24(26,27)16-4-3-5-17(14-16)29-9-11-30(12-10-29)20(32)15-31-21(33)23(28-22(31)34)8-13-35-19-7-2-1-6-18(19)23/h1-7,14H,8-13,15H2,(H,28,34). The van der Waals surface area contributed by atoms with Gasteiger partial charge in [0.25, 0.3) is 5.91 Å². The van der Waals surface area contributed by atoms with Crippen LogP contribution in [-0.2, 0) is 21.3 Å². The second kappa shape index (κ2) is 8.47. The summed E-state index contributed by atoms with van der Waals surface area (Å²) in [4.78, 5) is 43.2. The molecule has 3 aliphatic heterocycles. The van der Waals surface area contributed by atoms with Crippen molar-refractivity contribution >= 4 is 23.5 Å². The van der Waals surface area contributed by atoms with E-state index in [1.165, 1.54) is 11.0 Å². The minimum atomic E-state index is -4.43. The van der Waals surface area contributed by atoms with Crippen molar-refractivity contribution in [3.8, 4) is 5.75 Å². The number of halogens is 3. The first kappa shape index (κ1) is 23.0. The summed E-state index contributed by atoms with van der Waals surface area (Å²) in [5.74, 6) is -0.366. The molecule has 0 radical (unpaired) electrons. The van der Waals surface area contributed by atoms with Gasteiger partial charge in [0.05, 0.1) is 12.2 Å².